The number of carboxylic acid groups (broad SMARTS) is 1. The first-order chi connectivity index (χ1) is 9.89. The summed E-state index contributed by atoms with van der Waals surface area (Å²) in [6, 6.07) is 3.67. The third-order valence-corrected chi connectivity index (χ3v) is 4.55. The highest BCUT2D eigenvalue weighted by Gasteiger charge is 2.45. The van der Waals surface area contributed by atoms with Crippen molar-refractivity contribution >= 4 is 5.97 Å². The molecule has 1 aromatic rings. The predicted octanol–water partition coefficient (Wildman–Crippen LogP) is 3.17. The maximum atomic E-state index is 13.4. The van der Waals surface area contributed by atoms with Gasteiger partial charge in [0.1, 0.15) is 11.6 Å². The van der Waals surface area contributed by atoms with Gasteiger partial charge in [-0.25, -0.2) is 4.39 Å². The smallest absolute Gasteiger partial charge is 0.310 e. The SMILES string of the molecule is CCCC1(C(=O)O)CCN(C(C)c2cc(F)ccc2O)C1. The van der Waals surface area contributed by atoms with Crippen LogP contribution >= 0.6 is 0 Å². The Kier molecular flexibility index (Phi) is 4.52. The number of aromatic hydroxyl groups is 1. The Balaban J connectivity index is 2.20. The fourth-order valence-electron chi connectivity index (χ4n) is 3.26. The normalized spacial score (nSPS) is 24.1. The van der Waals surface area contributed by atoms with Crippen molar-refractivity contribution in [1.82, 2.24) is 4.90 Å². The van der Waals surface area contributed by atoms with Crippen LogP contribution in [0.5, 0.6) is 5.75 Å². The predicted molar refractivity (Wildman–Crippen MR) is 77.6 cm³/mol. The molecule has 0 radical (unpaired) electrons. The topological polar surface area (TPSA) is 60.8 Å². The molecule has 1 aliphatic heterocycles. The summed E-state index contributed by atoms with van der Waals surface area (Å²) < 4.78 is 13.4. The van der Waals surface area contributed by atoms with Crippen molar-refractivity contribution in [1.29, 1.82) is 0 Å². The van der Waals surface area contributed by atoms with E-state index in [1.165, 1.54) is 18.2 Å². The number of phenolic OH excluding ortho intramolecular Hbond substituents is 1. The molecule has 5 heteroatoms. The van der Waals surface area contributed by atoms with Gasteiger partial charge in [0.05, 0.1) is 5.41 Å². The van der Waals surface area contributed by atoms with Gasteiger partial charge in [0.2, 0.25) is 0 Å². The van der Waals surface area contributed by atoms with E-state index in [0.29, 0.717) is 31.5 Å². The Bertz CT molecular complexity index is 534. The van der Waals surface area contributed by atoms with E-state index >= 15 is 0 Å². The molecule has 1 heterocycles. The van der Waals surface area contributed by atoms with E-state index in [4.69, 9.17) is 0 Å². The molecule has 21 heavy (non-hydrogen) atoms. The highest BCUT2D eigenvalue weighted by atomic mass is 19.1. The number of carboxylic acids is 1. The number of phenols is 1. The Morgan fingerprint density at radius 2 is 2.24 bits per heavy atom. The fourth-order valence-corrected chi connectivity index (χ4v) is 3.26. The monoisotopic (exact) mass is 295 g/mol. The molecule has 1 saturated heterocycles. The van der Waals surface area contributed by atoms with Crippen LogP contribution in [0.4, 0.5) is 4.39 Å². The van der Waals surface area contributed by atoms with Gasteiger partial charge in [-0.1, -0.05) is 13.3 Å². The highest BCUT2D eigenvalue weighted by Crippen LogP contribution is 2.40. The minimum atomic E-state index is -0.762. The van der Waals surface area contributed by atoms with E-state index in [2.05, 4.69) is 0 Å². The first-order valence-electron chi connectivity index (χ1n) is 7.35. The van der Waals surface area contributed by atoms with Gasteiger partial charge in [0, 0.05) is 18.2 Å². The summed E-state index contributed by atoms with van der Waals surface area (Å²) in [5.74, 6) is -1.11. The minimum Gasteiger partial charge on any atom is -0.508 e. The third-order valence-electron chi connectivity index (χ3n) is 4.55. The number of likely N-dealkylation sites (tertiary alicyclic amines) is 1. The van der Waals surface area contributed by atoms with Gasteiger partial charge >= 0.3 is 5.97 Å². The van der Waals surface area contributed by atoms with Gasteiger partial charge in [-0.05, 0) is 44.5 Å². The van der Waals surface area contributed by atoms with Gasteiger partial charge in [0.25, 0.3) is 0 Å². The van der Waals surface area contributed by atoms with Crippen molar-refractivity contribution in [2.24, 2.45) is 5.41 Å². The van der Waals surface area contributed by atoms with E-state index in [-0.39, 0.29) is 11.8 Å². The lowest BCUT2D eigenvalue weighted by Crippen LogP contribution is -2.35. The standard InChI is InChI=1S/C16H22FNO3/c1-3-6-16(15(20)21)7-8-18(10-16)11(2)13-9-12(17)4-5-14(13)19/h4-5,9,11,19H,3,6-8,10H2,1-2H3,(H,20,21). The van der Waals surface area contributed by atoms with Crippen LogP contribution in [0.25, 0.3) is 0 Å². The zero-order valence-electron chi connectivity index (χ0n) is 12.5. The first-order valence-corrected chi connectivity index (χ1v) is 7.35. The van der Waals surface area contributed by atoms with Crippen LogP contribution < -0.4 is 0 Å². The van der Waals surface area contributed by atoms with E-state index in [1.807, 2.05) is 18.7 Å². The van der Waals surface area contributed by atoms with Crippen LogP contribution in [0, 0.1) is 11.2 Å². The molecule has 0 aromatic heterocycles. The summed E-state index contributed by atoms with van der Waals surface area (Å²) in [4.78, 5) is 13.6. The summed E-state index contributed by atoms with van der Waals surface area (Å²) in [6.45, 7) is 4.93. The largest absolute Gasteiger partial charge is 0.508 e. The highest BCUT2D eigenvalue weighted by molar-refractivity contribution is 5.75. The molecule has 1 aromatic carbocycles. The molecule has 4 nitrogen and oxygen atoms in total. The van der Waals surface area contributed by atoms with Crippen molar-refractivity contribution in [2.75, 3.05) is 13.1 Å². The number of hydrogen-bond acceptors (Lipinski definition) is 3. The summed E-state index contributed by atoms with van der Waals surface area (Å²) in [7, 11) is 0. The van der Waals surface area contributed by atoms with Crippen molar-refractivity contribution < 1.29 is 19.4 Å². The summed E-state index contributed by atoms with van der Waals surface area (Å²) in [5, 5.41) is 19.4. The molecule has 0 spiro atoms. The second-order valence-electron chi connectivity index (χ2n) is 5.94. The molecule has 0 aliphatic carbocycles. The van der Waals surface area contributed by atoms with E-state index in [9.17, 15) is 19.4 Å². The van der Waals surface area contributed by atoms with Gasteiger partial charge in [-0.3, -0.25) is 9.69 Å². The van der Waals surface area contributed by atoms with Crippen LogP contribution in [0.2, 0.25) is 0 Å². The van der Waals surface area contributed by atoms with E-state index in [0.717, 1.165) is 6.42 Å². The van der Waals surface area contributed by atoms with Crippen molar-refractivity contribution in [3.05, 3.63) is 29.6 Å². The molecule has 2 atom stereocenters. The molecular weight excluding hydrogens is 273 g/mol. The number of nitrogens with zero attached hydrogens (tertiary/aromatic N) is 1. The lowest BCUT2D eigenvalue weighted by Gasteiger charge is -2.28. The van der Waals surface area contributed by atoms with Crippen molar-refractivity contribution in [3.63, 3.8) is 0 Å². The molecule has 2 rings (SSSR count). The van der Waals surface area contributed by atoms with Crippen LogP contribution in [0.3, 0.4) is 0 Å². The Morgan fingerprint density at radius 3 is 2.86 bits per heavy atom. The molecule has 0 bridgehead atoms. The number of rotatable bonds is 5. The van der Waals surface area contributed by atoms with Crippen LogP contribution in [-0.4, -0.2) is 34.2 Å². The first kappa shape index (κ1) is 15.8. The maximum absolute atomic E-state index is 13.4. The molecule has 2 N–H and O–H groups in total. The zero-order chi connectivity index (χ0) is 15.6. The second kappa shape index (κ2) is 6.02. The van der Waals surface area contributed by atoms with Crippen molar-refractivity contribution in [3.8, 4) is 5.75 Å². The Hall–Kier alpha value is -1.62. The lowest BCUT2D eigenvalue weighted by molar-refractivity contribution is -0.148. The fraction of sp³-hybridized carbons (Fsp3) is 0.562. The summed E-state index contributed by atoms with van der Waals surface area (Å²) in [5.41, 5.74) is -0.209. The van der Waals surface area contributed by atoms with Crippen LogP contribution in [0.1, 0.15) is 44.7 Å². The van der Waals surface area contributed by atoms with Gasteiger partial charge in [-0.2, -0.15) is 0 Å². The van der Waals surface area contributed by atoms with Gasteiger partial charge in [-0.15, -0.1) is 0 Å². The lowest BCUT2D eigenvalue weighted by atomic mass is 9.82. The zero-order valence-corrected chi connectivity index (χ0v) is 12.5. The number of benzene rings is 1. The Labute approximate surface area is 124 Å². The second-order valence-corrected chi connectivity index (χ2v) is 5.94. The molecule has 0 saturated carbocycles. The van der Waals surface area contributed by atoms with Gasteiger partial charge < -0.3 is 10.2 Å². The quantitative estimate of drug-likeness (QED) is 0.876. The van der Waals surface area contributed by atoms with Crippen LogP contribution in [-0.2, 0) is 4.79 Å². The summed E-state index contributed by atoms with van der Waals surface area (Å²) >= 11 is 0. The number of carbonyl (C=O) groups is 1. The van der Waals surface area contributed by atoms with Crippen molar-refractivity contribution in [2.45, 2.75) is 39.2 Å². The molecular formula is C16H22FNO3. The van der Waals surface area contributed by atoms with Crippen LogP contribution in [0.15, 0.2) is 18.2 Å². The third kappa shape index (κ3) is 3.02. The van der Waals surface area contributed by atoms with Gasteiger partial charge in [0.15, 0.2) is 0 Å². The number of halogens is 1. The molecule has 1 fully saturated rings. The minimum absolute atomic E-state index is 0.0483. The number of aliphatic carboxylic acids is 1. The number of hydrogen-bond donors (Lipinski definition) is 2. The molecule has 116 valence electrons. The molecule has 0 amide bonds. The molecule has 2 unspecified atom stereocenters. The average molecular weight is 295 g/mol. The molecule has 1 aliphatic rings. The summed E-state index contributed by atoms with van der Waals surface area (Å²) in [6.07, 6.45) is 2.05. The Morgan fingerprint density at radius 1 is 1.52 bits per heavy atom. The maximum Gasteiger partial charge on any atom is 0.310 e. The average Bonchev–Trinajstić information content (AvgIpc) is 2.87. The van der Waals surface area contributed by atoms with E-state index < -0.39 is 17.2 Å². The van der Waals surface area contributed by atoms with E-state index in [1.54, 1.807) is 0 Å².